The number of ether oxygens (including phenoxy) is 2. The Morgan fingerprint density at radius 3 is 1.56 bits per heavy atom. The average Bonchev–Trinajstić information content (AvgIpc) is 3.79. The summed E-state index contributed by atoms with van der Waals surface area (Å²) in [5, 5.41) is 1.29. The van der Waals surface area contributed by atoms with Gasteiger partial charge in [-0.3, -0.25) is 9.80 Å². The highest BCUT2D eigenvalue weighted by Gasteiger charge is 2.39. The second kappa shape index (κ2) is 17.7. The van der Waals surface area contributed by atoms with Crippen LogP contribution in [0.2, 0.25) is 0 Å². The number of aryl methyl sites for hydroxylation is 1. The first-order chi connectivity index (χ1) is 30.2. The second-order valence-corrected chi connectivity index (χ2v) is 21.0. The number of aromatic nitrogens is 2. The lowest BCUT2D eigenvalue weighted by Crippen LogP contribution is -2.59. The van der Waals surface area contributed by atoms with Crippen molar-refractivity contribution in [1.82, 2.24) is 17.7 Å². The van der Waals surface area contributed by atoms with E-state index >= 15 is 0 Å². The summed E-state index contributed by atoms with van der Waals surface area (Å²) in [5.74, 6) is 0.858. The van der Waals surface area contributed by atoms with Crippen LogP contribution >= 0.6 is 31.9 Å². The van der Waals surface area contributed by atoms with E-state index in [1.54, 1.807) is 54.6 Å². The number of hydrogen-bond acceptors (Lipinski definition) is 8. The molecule has 14 heteroatoms. The average molecular weight is 1010 g/mol. The maximum absolute atomic E-state index is 14.9. The van der Waals surface area contributed by atoms with Crippen LogP contribution in [0.15, 0.2) is 170 Å². The van der Waals surface area contributed by atoms with Gasteiger partial charge in [-0.25, -0.2) is 24.8 Å². The third-order valence-corrected chi connectivity index (χ3v) is 16.4. The van der Waals surface area contributed by atoms with Crippen molar-refractivity contribution >= 4 is 73.7 Å². The van der Waals surface area contributed by atoms with Crippen LogP contribution in [0, 0.1) is 6.92 Å². The van der Waals surface area contributed by atoms with E-state index in [-0.39, 0.29) is 23.0 Å². The Bertz CT molecular complexity index is 3160. The van der Waals surface area contributed by atoms with Crippen LogP contribution in [0.1, 0.15) is 12.0 Å². The molecule has 324 valence electrons. The molecule has 2 heterocycles. The quantitative estimate of drug-likeness (QED) is 0.0936. The van der Waals surface area contributed by atoms with Crippen molar-refractivity contribution in [3.63, 3.8) is 0 Å². The Hall–Kier alpha value is -5.22. The number of para-hydroxylation sites is 2. The highest BCUT2D eigenvalue weighted by molar-refractivity contribution is 9.10. The first-order valence-electron chi connectivity index (χ1n) is 20.2. The number of fused-ring (bicyclic) bond motifs is 2. The van der Waals surface area contributed by atoms with Gasteiger partial charge in [0.25, 0.3) is 20.0 Å². The summed E-state index contributed by atoms with van der Waals surface area (Å²) in [6.45, 7) is 2.18. The molecule has 0 aliphatic carbocycles. The van der Waals surface area contributed by atoms with Crippen LogP contribution in [0.4, 0.5) is 0 Å². The fraction of sp³-hybridized carbons (Fsp3) is 0.184. The number of benzene rings is 6. The molecule has 0 saturated heterocycles. The molecule has 0 aliphatic rings. The lowest BCUT2D eigenvalue weighted by atomic mass is 10.0. The summed E-state index contributed by atoms with van der Waals surface area (Å²) in [5.41, 5.74) is 3.24. The van der Waals surface area contributed by atoms with Crippen LogP contribution < -0.4 is 9.47 Å². The van der Waals surface area contributed by atoms with Crippen LogP contribution in [0.5, 0.6) is 11.5 Å². The maximum Gasteiger partial charge on any atom is 0.269 e. The maximum atomic E-state index is 14.9. The van der Waals surface area contributed by atoms with Gasteiger partial charge in [0.2, 0.25) is 0 Å². The van der Waals surface area contributed by atoms with Crippen LogP contribution in [0.3, 0.4) is 0 Å². The van der Waals surface area contributed by atoms with E-state index in [1.807, 2.05) is 132 Å². The molecule has 8 aromatic rings. The Kier molecular flexibility index (Phi) is 12.5. The largest absolute Gasteiger partial charge is 0.490 e. The third-order valence-electron chi connectivity index (χ3n) is 11.5. The number of nitrogens with zero attached hydrogens (tertiary/aromatic N) is 4. The molecule has 0 radical (unpaired) electrons. The van der Waals surface area contributed by atoms with E-state index in [2.05, 4.69) is 41.7 Å². The van der Waals surface area contributed by atoms with Crippen LogP contribution in [0.25, 0.3) is 44.3 Å². The van der Waals surface area contributed by atoms with E-state index in [0.29, 0.717) is 66.7 Å². The van der Waals surface area contributed by atoms with Gasteiger partial charge in [0.1, 0.15) is 28.6 Å². The highest BCUT2D eigenvalue weighted by Crippen LogP contribution is 2.45. The van der Waals surface area contributed by atoms with Gasteiger partial charge in [0, 0.05) is 37.3 Å². The van der Waals surface area contributed by atoms with Gasteiger partial charge in [-0.2, -0.15) is 0 Å². The molecule has 0 N–H and O–H groups in total. The molecular weight excluding hydrogens is 965 g/mol. The molecule has 2 aromatic heterocycles. The molecular formula is C49H46Br2N4O6S2. The second-order valence-electron chi connectivity index (χ2n) is 15.7. The predicted molar refractivity (Wildman–Crippen MR) is 259 cm³/mol. The SMILES string of the molecule is Cc1ccc(S(=O)(=O)n2c(-c3ccccc3)c(OCC(CCOc3c(-c4ccccc4)n(S(=O)(=O)c4ccc(Br)cc4)c4ccccc34)(N(C)C)N(C)C)c3ccccc32)c(Br)c1. The normalized spacial score (nSPS) is 12.5. The minimum atomic E-state index is -4.17. The number of halogens is 2. The van der Waals surface area contributed by atoms with E-state index < -0.39 is 25.7 Å². The molecule has 0 saturated carbocycles. The highest BCUT2D eigenvalue weighted by atomic mass is 79.9. The Morgan fingerprint density at radius 2 is 1.05 bits per heavy atom. The minimum absolute atomic E-state index is 0.101. The molecule has 0 unspecified atom stereocenters. The fourth-order valence-electron chi connectivity index (χ4n) is 8.15. The summed E-state index contributed by atoms with van der Waals surface area (Å²) >= 11 is 6.97. The first-order valence-corrected chi connectivity index (χ1v) is 24.6. The van der Waals surface area contributed by atoms with Crippen molar-refractivity contribution in [1.29, 1.82) is 0 Å². The van der Waals surface area contributed by atoms with E-state index in [9.17, 15) is 16.8 Å². The van der Waals surface area contributed by atoms with Gasteiger partial charge in [-0.1, -0.05) is 107 Å². The van der Waals surface area contributed by atoms with Crippen molar-refractivity contribution in [3.8, 4) is 34.0 Å². The molecule has 0 atom stereocenters. The van der Waals surface area contributed by atoms with Gasteiger partial charge in [-0.05, 0) is 117 Å². The van der Waals surface area contributed by atoms with Gasteiger partial charge in [0.05, 0.1) is 22.5 Å². The minimum Gasteiger partial charge on any atom is -0.490 e. The Balaban J connectivity index is 1.21. The van der Waals surface area contributed by atoms with Crippen molar-refractivity contribution in [2.75, 3.05) is 41.4 Å². The van der Waals surface area contributed by atoms with Crippen LogP contribution in [-0.4, -0.2) is 81.6 Å². The molecule has 8 rings (SSSR count). The van der Waals surface area contributed by atoms with Gasteiger partial charge in [0.15, 0.2) is 11.5 Å². The molecule has 0 bridgehead atoms. The fourth-order valence-corrected chi connectivity index (χ4v) is 12.7. The monoisotopic (exact) mass is 1010 g/mol. The van der Waals surface area contributed by atoms with Gasteiger partial charge >= 0.3 is 0 Å². The number of hydrogen-bond donors (Lipinski definition) is 0. The molecule has 0 amide bonds. The zero-order valence-corrected chi connectivity index (χ0v) is 40.2. The van der Waals surface area contributed by atoms with E-state index in [0.717, 1.165) is 10.0 Å². The standard InChI is InChI=1S/C49H46Br2N4O6S2/c1-34-24-29-44(41(51)32-34)63(58,59)55-43-23-15-13-21-40(43)48(46(55)36-18-10-7-11-19-36)61-33-49(52(2)3,53(4)5)30-31-60-47-39-20-12-14-22-42(39)54(45(47)35-16-8-6-9-17-35)62(56,57)38-27-25-37(50)26-28-38/h6-29,32H,30-31,33H2,1-5H3. The topological polar surface area (TPSA) is 103 Å². The summed E-state index contributed by atoms with van der Waals surface area (Å²) in [6.07, 6.45) is 0.397. The summed E-state index contributed by atoms with van der Waals surface area (Å²) < 4.78 is 76.8. The Labute approximate surface area is 385 Å². The van der Waals surface area contributed by atoms with Gasteiger partial charge < -0.3 is 9.47 Å². The van der Waals surface area contributed by atoms with Crippen molar-refractivity contribution in [3.05, 3.63) is 166 Å². The zero-order valence-electron chi connectivity index (χ0n) is 35.4. The predicted octanol–water partition coefficient (Wildman–Crippen LogP) is 10.9. The molecule has 0 aliphatic heterocycles. The molecule has 0 fully saturated rings. The smallest absolute Gasteiger partial charge is 0.269 e. The van der Waals surface area contributed by atoms with E-state index in [4.69, 9.17) is 9.47 Å². The molecule has 10 nitrogen and oxygen atoms in total. The van der Waals surface area contributed by atoms with Crippen molar-refractivity contribution < 1.29 is 26.3 Å². The third kappa shape index (κ3) is 8.13. The molecule has 63 heavy (non-hydrogen) atoms. The van der Waals surface area contributed by atoms with E-state index in [1.165, 1.54) is 7.94 Å². The molecule has 0 spiro atoms. The summed E-state index contributed by atoms with van der Waals surface area (Å²) in [7, 11) is -0.404. The first kappa shape index (κ1) is 44.4. The van der Waals surface area contributed by atoms with Gasteiger partial charge in [-0.15, -0.1) is 0 Å². The lowest BCUT2D eigenvalue weighted by Gasteiger charge is -2.44. The molecule has 6 aromatic carbocycles. The zero-order chi connectivity index (χ0) is 44.7. The van der Waals surface area contributed by atoms with Crippen LogP contribution in [-0.2, 0) is 20.0 Å². The lowest BCUT2D eigenvalue weighted by molar-refractivity contribution is -0.0478. The Morgan fingerprint density at radius 1 is 0.571 bits per heavy atom. The number of rotatable bonds is 15. The summed E-state index contributed by atoms with van der Waals surface area (Å²) in [4.78, 5) is 4.41. The summed E-state index contributed by atoms with van der Waals surface area (Å²) in [6, 6.07) is 45.4. The van der Waals surface area contributed by atoms with Crippen molar-refractivity contribution in [2.45, 2.75) is 28.8 Å². The van der Waals surface area contributed by atoms with Crippen molar-refractivity contribution in [2.24, 2.45) is 0 Å². The number of likely N-dealkylation sites (N-methyl/N-ethyl adjacent to an activating group) is 2.